The number of thiophene rings is 1. The van der Waals surface area contributed by atoms with Gasteiger partial charge in [0, 0.05) is 35.3 Å². The van der Waals surface area contributed by atoms with Crippen LogP contribution in [0.15, 0.2) is 30.9 Å². The van der Waals surface area contributed by atoms with Gasteiger partial charge in [0.1, 0.15) is 6.33 Å². The van der Waals surface area contributed by atoms with Crippen LogP contribution < -0.4 is 5.32 Å². The van der Waals surface area contributed by atoms with Crippen LogP contribution in [0.3, 0.4) is 0 Å². The van der Waals surface area contributed by atoms with Crippen molar-refractivity contribution in [3.8, 4) is 21.7 Å². The van der Waals surface area contributed by atoms with Crippen LogP contribution in [0.25, 0.3) is 37.6 Å². The summed E-state index contributed by atoms with van der Waals surface area (Å²) in [6.07, 6.45) is 5.69. The maximum absolute atomic E-state index is 4.60. The van der Waals surface area contributed by atoms with Gasteiger partial charge in [0.25, 0.3) is 0 Å². The number of hydrogen-bond acceptors (Lipinski definition) is 5. The van der Waals surface area contributed by atoms with E-state index < -0.39 is 0 Å². The number of aromatic amines is 1. The molecule has 0 aromatic carbocycles. The van der Waals surface area contributed by atoms with Crippen LogP contribution >= 0.6 is 11.3 Å². The van der Waals surface area contributed by atoms with Crippen molar-refractivity contribution in [2.45, 2.75) is 39.8 Å². The van der Waals surface area contributed by atoms with Crippen molar-refractivity contribution in [1.82, 2.24) is 34.7 Å². The Morgan fingerprint density at radius 3 is 2.97 bits per heavy atom. The molecule has 8 heteroatoms. The van der Waals surface area contributed by atoms with E-state index in [0.717, 1.165) is 36.4 Å². The monoisotopic (exact) mass is 417 g/mol. The predicted molar refractivity (Wildman–Crippen MR) is 120 cm³/mol. The molecule has 0 bridgehead atoms. The van der Waals surface area contributed by atoms with Crippen molar-refractivity contribution in [3.05, 3.63) is 47.7 Å². The molecule has 6 rings (SSSR count). The quantitative estimate of drug-likeness (QED) is 0.458. The van der Waals surface area contributed by atoms with E-state index in [0.29, 0.717) is 5.92 Å². The van der Waals surface area contributed by atoms with Crippen LogP contribution in [0.5, 0.6) is 0 Å². The fourth-order valence-corrected chi connectivity index (χ4v) is 5.87. The Labute approximate surface area is 177 Å². The topological polar surface area (TPSA) is 75.8 Å². The molecule has 2 N–H and O–H groups in total. The number of H-pyrrole nitrogens is 1. The van der Waals surface area contributed by atoms with E-state index in [-0.39, 0.29) is 0 Å². The molecule has 1 aliphatic rings. The Morgan fingerprint density at radius 1 is 1.20 bits per heavy atom. The van der Waals surface area contributed by atoms with E-state index in [4.69, 9.17) is 0 Å². The van der Waals surface area contributed by atoms with Crippen LogP contribution in [0, 0.1) is 6.92 Å². The summed E-state index contributed by atoms with van der Waals surface area (Å²) in [5.74, 6) is 0.398. The largest absolute Gasteiger partial charge is 0.354 e. The highest BCUT2D eigenvalue weighted by atomic mass is 32.1. The smallest absolute Gasteiger partial charge is 0.158 e. The summed E-state index contributed by atoms with van der Waals surface area (Å²) in [6, 6.07) is 4.48. The fourth-order valence-electron chi connectivity index (χ4n) is 4.53. The summed E-state index contributed by atoms with van der Waals surface area (Å²) < 4.78 is 5.32. The molecule has 0 saturated carbocycles. The second-order valence-electron chi connectivity index (χ2n) is 8.27. The third-order valence-corrected chi connectivity index (χ3v) is 7.14. The minimum absolute atomic E-state index is 0.398. The zero-order chi connectivity index (χ0) is 20.4. The van der Waals surface area contributed by atoms with Crippen LogP contribution in [0.1, 0.15) is 36.6 Å². The molecule has 30 heavy (non-hydrogen) atoms. The Kier molecular flexibility index (Phi) is 3.88. The van der Waals surface area contributed by atoms with Gasteiger partial charge in [-0.1, -0.05) is 13.8 Å². The Morgan fingerprint density at radius 2 is 2.10 bits per heavy atom. The number of rotatable bonds is 3. The van der Waals surface area contributed by atoms with Crippen molar-refractivity contribution in [2.24, 2.45) is 0 Å². The standard InChI is InChI=1S/C22H23N7S/c1-12(2)19-20(14-6-13(3)22-24-11-26-29(22)10-14)27-16-7-18(30-21(16)19)15-8-25-28-5-4-23-9-17(15)28/h6-8,10-12,23,27H,4-5,9H2,1-3H3. The molecule has 7 nitrogen and oxygen atoms in total. The zero-order valence-electron chi connectivity index (χ0n) is 17.2. The summed E-state index contributed by atoms with van der Waals surface area (Å²) in [7, 11) is 0. The van der Waals surface area contributed by atoms with Crippen LogP contribution in [0.4, 0.5) is 0 Å². The minimum Gasteiger partial charge on any atom is -0.354 e. The van der Waals surface area contributed by atoms with Gasteiger partial charge in [-0.2, -0.15) is 10.2 Å². The first-order valence-electron chi connectivity index (χ1n) is 10.3. The SMILES string of the molecule is Cc1cc(-c2[nH]c3cc(-c4cnn5c4CNCC5)sc3c2C(C)C)cn2ncnc12. The number of hydrogen-bond donors (Lipinski definition) is 2. The lowest BCUT2D eigenvalue weighted by Gasteiger charge is -2.15. The first kappa shape index (κ1) is 17.9. The molecule has 0 fully saturated rings. The highest BCUT2D eigenvalue weighted by Gasteiger charge is 2.22. The fraction of sp³-hybridized carbons (Fsp3) is 0.318. The molecule has 0 saturated heterocycles. The molecule has 5 aromatic rings. The Hall–Kier alpha value is -2.97. The molecular formula is C22H23N7S. The van der Waals surface area contributed by atoms with Crippen LogP contribution in [-0.4, -0.2) is 35.9 Å². The molecule has 1 aliphatic heterocycles. The summed E-state index contributed by atoms with van der Waals surface area (Å²) in [5.41, 5.74) is 9.42. The summed E-state index contributed by atoms with van der Waals surface area (Å²) in [5, 5.41) is 12.4. The van der Waals surface area contributed by atoms with Gasteiger partial charge >= 0.3 is 0 Å². The molecule has 0 radical (unpaired) electrons. The van der Waals surface area contributed by atoms with E-state index in [9.17, 15) is 0 Å². The number of nitrogens with one attached hydrogen (secondary N) is 2. The molecule has 0 spiro atoms. The normalized spacial score (nSPS) is 14.3. The highest BCUT2D eigenvalue weighted by molar-refractivity contribution is 7.22. The lowest BCUT2D eigenvalue weighted by atomic mass is 9.99. The molecule has 6 heterocycles. The third-order valence-electron chi connectivity index (χ3n) is 5.94. The van der Waals surface area contributed by atoms with Gasteiger partial charge in [-0.05, 0) is 36.1 Å². The average molecular weight is 418 g/mol. The Balaban J connectivity index is 1.52. The van der Waals surface area contributed by atoms with E-state index in [1.165, 1.54) is 37.6 Å². The summed E-state index contributed by atoms with van der Waals surface area (Å²) in [6.45, 7) is 9.40. The van der Waals surface area contributed by atoms with Gasteiger partial charge in [-0.15, -0.1) is 11.3 Å². The zero-order valence-corrected chi connectivity index (χ0v) is 18.0. The van der Waals surface area contributed by atoms with E-state index in [1.54, 1.807) is 6.33 Å². The van der Waals surface area contributed by atoms with Gasteiger partial charge < -0.3 is 10.3 Å². The first-order valence-corrected chi connectivity index (χ1v) is 11.1. The van der Waals surface area contributed by atoms with Gasteiger partial charge in [-0.3, -0.25) is 4.68 Å². The summed E-state index contributed by atoms with van der Waals surface area (Å²) in [4.78, 5) is 9.34. The van der Waals surface area contributed by atoms with Gasteiger partial charge in [-0.25, -0.2) is 9.50 Å². The molecule has 0 unspecified atom stereocenters. The van der Waals surface area contributed by atoms with E-state index in [1.807, 2.05) is 22.0 Å². The molecular weight excluding hydrogens is 394 g/mol. The molecule has 0 atom stereocenters. The maximum Gasteiger partial charge on any atom is 0.158 e. The lowest BCUT2D eigenvalue weighted by Crippen LogP contribution is -2.28. The lowest BCUT2D eigenvalue weighted by molar-refractivity contribution is 0.476. The van der Waals surface area contributed by atoms with Crippen molar-refractivity contribution in [2.75, 3.05) is 6.54 Å². The van der Waals surface area contributed by atoms with Gasteiger partial charge in [0.2, 0.25) is 0 Å². The third kappa shape index (κ3) is 2.57. The van der Waals surface area contributed by atoms with Gasteiger partial charge in [0.05, 0.1) is 34.3 Å². The molecule has 0 amide bonds. The van der Waals surface area contributed by atoms with Crippen molar-refractivity contribution in [3.63, 3.8) is 0 Å². The molecule has 152 valence electrons. The second kappa shape index (κ2) is 6.52. The second-order valence-corrected chi connectivity index (χ2v) is 9.32. The first-order chi connectivity index (χ1) is 14.6. The van der Waals surface area contributed by atoms with Crippen molar-refractivity contribution in [1.29, 1.82) is 0 Å². The number of aromatic nitrogens is 6. The van der Waals surface area contributed by atoms with Crippen LogP contribution in [-0.2, 0) is 13.1 Å². The predicted octanol–water partition coefficient (Wildman–Crippen LogP) is 4.34. The molecule has 0 aliphatic carbocycles. The number of pyridine rings is 1. The highest BCUT2D eigenvalue weighted by Crippen LogP contribution is 2.43. The maximum atomic E-state index is 4.60. The molecule has 5 aromatic heterocycles. The number of fused-ring (bicyclic) bond motifs is 3. The van der Waals surface area contributed by atoms with E-state index in [2.05, 4.69) is 69.3 Å². The number of nitrogens with zero attached hydrogens (tertiary/aromatic N) is 5. The minimum atomic E-state index is 0.398. The van der Waals surface area contributed by atoms with Gasteiger partial charge in [0.15, 0.2) is 5.65 Å². The van der Waals surface area contributed by atoms with E-state index >= 15 is 0 Å². The van der Waals surface area contributed by atoms with Crippen molar-refractivity contribution >= 4 is 27.2 Å². The Bertz CT molecular complexity index is 1400. The summed E-state index contributed by atoms with van der Waals surface area (Å²) >= 11 is 1.86. The van der Waals surface area contributed by atoms with Crippen LogP contribution in [0.2, 0.25) is 0 Å². The number of aryl methyl sites for hydroxylation is 1. The van der Waals surface area contributed by atoms with Crippen molar-refractivity contribution < 1.29 is 0 Å². The average Bonchev–Trinajstić information content (AvgIpc) is 3.48.